The van der Waals surface area contributed by atoms with Crippen LogP contribution in [-0.4, -0.2) is 22.4 Å². The van der Waals surface area contributed by atoms with Crippen molar-refractivity contribution >= 4 is 23.2 Å². The standard InChI is InChI=1S/C12H14ClN3O3/c1-2-12(3-4-12)7-15-11(17)9-5-8(16(18)19)6-14-10(9)13/h5-6H,2-4,7H2,1H3,(H,15,17). The third-order valence-corrected chi connectivity index (χ3v) is 3.91. The number of pyridine rings is 1. The zero-order valence-electron chi connectivity index (χ0n) is 10.5. The van der Waals surface area contributed by atoms with Crippen molar-refractivity contribution < 1.29 is 9.72 Å². The Balaban J connectivity index is 2.10. The molecule has 0 saturated heterocycles. The van der Waals surface area contributed by atoms with Crippen LogP contribution in [0, 0.1) is 15.5 Å². The number of amides is 1. The molecule has 7 heteroatoms. The molecule has 1 aromatic heterocycles. The number of halogens is 1. The van der Waals surface area contributed by atoms with E-state index >= 15 is 0 Å². The molecule has 0 bridgehead atoms. The number of aromatic nitrogens is 1. The second-order valence-corrected chi connectivity index (χ2v) is 5.18. The molecule has 19 heavy (non-hydrogen) atoms. The molecule has 6 nitrogen and oxygen atoms in total. The number of hydrogen-bond donors (Lipinski definition) is 1. The predicted molar refractivity (Wildman–Crippen MR) is 70.2 cm³/mol. The van der Waals surface area contributed by atoms with Crippen molar-refractivity contribution in [1.82, 2.24) is 10.3 Å². The van der Waals surface area contributed by atoms with Gasteiger partial charge in [-0.3, -0.25) is 14.9 Å². The first-order valence-corrected chi connectivity index (χ1v) is 6.43. The zero-order chi connectivity index (χ0) is 14.0. The molecular formula is C12H14ClN3O3. The summed E-state index contributed by atoms with van der Waals surface area (Å²) in [4.78, 5) is 25.7. The molecule has 1 saturated carbocycles. The Hall–Kier alpha value is -1.69. The molecule has 1 heterocycles. The summed E-state index contributed by atoms with van der Waals surface area (Å²) in [6.07, 6.45) is 4.25. The van der Waals surface area contributed by atoms with Gasteiger partial charge < -0.3 is 5.32 Å². The van der Waals surface area contributed by atoms with E-state index in [2.05, 4.69) is 17.2 Å². The smallest absolute Gasteiger partial charge is 0.288 e. The van der Waals surface area contributed by atoms with Gasteiger partial charge in [-0.05, 0) is 24.7 Å². The summed E-state index contributed by atoms with van der Waals surface area (Å²) in [5.41, 5.74) is 0.00459. The minimum Gasteiger partial charge on any atom is -0.351 e. The van der Waals surface area contributed by atoms with Gasteiger partial charge in [0.05, 0.1) is 10.5 Å². The van der Waals surface area contributed by atoms with E-state index in [0.29, 0.717) is 6.54 Å². The number of rotatable bonds is 5. The van der Waals surface area contributed by atoms with E-state index in [1.54, 1.807) is 0 Å². The summed E-state index contributed by atoms with van der Waals surface area (Å²) in [6.45, 7) is 2.66. The quantitative estimate of drug-likeness (QED) is 0.511. The van der Waals surface area contributed by atoms with Crippen molar-refractivity contribution in [2.24, 2.45) is 5.41 Å². The number of nitrogens with zero attached hydrogens (tertiary/aromatic N) is 2. The van der Waals surface area contributed by atoms with Gasteiger partial charge in [-0.2, -0.15) is 0 Å². The van der Waals surface area contributed by atoms with Crippen LogP contribution in [0.1, 0.15) is 36.5 Å². The largest absolute Gasteiger partial charge is 0.351 e. The van der Waals surface area contributed by atoms with Crippen molar-refractivity contribution in [3.8, 4) is 0 Å². The molecule has 1 aliphatic rings. The van der Waals surface area contributed by atoms with E-state index in [1.807, 2.05) is 0 Å². The monoisotopic (exact) mass is 283 g/mol. The van der Waals surface area contributed by atoms with Gasteiger partial charge in [-0.1, -0.05) is 18.5 Å². The molecule has 1 fully saturated rings. The van der Waals surface area contributed by atoms with Crippen LogP contribution in [0.2, 0.25) is 5.15 Å². The highest BCUT2D eigenvalue weighted by molar-refractivity contribution is 6.32. The number of nitro groups is 1. The van der Waals surface area contributed by atoms with Crippen LogP contribution in [0.3, 0.4) is 0 Å². The summed E-state index contributed by atoms with van der Waals surface area (Å²) in [6, 6.07) is 1.15. The highest BCUT2D eigenvalue weighted by atomic mass is 35.5. The fourth-order valence-electron chi connectivity index (χ4n) is 1.89. The van der Waals surface area contributed by atoms with Gasteiger partial charge in [0.1, 0.15) is 11.3 Å². The number of carbonyl (C=O) groups is 1. The van der Waals surface area contributed by atoms with Crippen molar-refractivity contribution in [3.63, 3.8) is 0 Å². The molecule has 0 aliphatic heterocycles. The molecule has 102 valence electrons. The zero-order valence-corrected chi connectivity index (χ0v) is 11.2. The third kappa shape index (κ3) is 3.01. The van der Waals surface area contributed by atoms with Crippen LogP contribution >= 0.6 is 11.6 Å². The number of carbonyl (C=O) groups excluding carboxylic acids is 1. The number of nitrogens with one attached hydrogen (secondary N) is 1. The maximum absolute atomic E-state index is 12.0. The van der Waals surface area contributed by atoms with Crippen molar-refractivity contribution in [3.05, 3.63) is 33.1 Å². The van der Waals surface area contributed by atoms with Gasteiger partial charge in [0, 0.05) is 12.6 Å². The Morgan fingerprint density at radius 1 is 1.63 bits per heavy atom. The number of hydrogen-bond acceptors (Lipinski definition) is 4. The van der Waals surface area contributed by atoms with Gasteiger partial charge in [0.2, 0.25) is 0 Å². The molecule has 0 unspecified atom stereocenters. The summed E-state index contributed by atoms with van der Waals surface area (Å²) >= 11 is 5.80. The highest BCUT2D eigenvalue weighted by Gasteiger charge is 2.40. The lowest BCUT2D eigenvalue weighted by atomic mass is 10.0. The van der Waals surface area contributed by atoms with E-state index in [0.717, 1.165) is 31.5 Å². The Labute approximate surface area is 115 Å². The summed E-state index contributed by atoms with van der Waals surface area (Å²) in [7, 11) is 0. The predicted octanol–water partition coefficient (Wildman–Crippen LogP) is 2.56. The average molecular weight is 284 g/mol. The lowest BCUT2D eigenvalue weighted by Crippen LogP contribution is -2.30. The van der Waals surface area contributed by atoms with Crippen molar-refractivity contribution in [2.45, 2.75) is 26.2 Å². The molecule has 0 aromatic carbocycles. The molecule has 2 rings (SSSR count). The molecule has 1 amide bonds. The lowest BCUT2D eigenvalue weighted by Gasteiger charge is -2.13. The lowest BCUT2D eigenvalue weighted by molar-refractivity contribution is -0.385. The van der Waals surface area contributed by atoms with Gasteiger partial charge in [-0.25, -0.2) is 4.98 Å². The Kier molecular flexibility index (Phi) is 3.71. The van der Waals surface area contributed by atoms with E-state index in [9.17, 15) is 14.9 Å². The molecule has 1 aromatic rings. The van der Waals surface area contributed by atoms with Crippen LogP contribution in [-0.2, 0) is 0 Å². The van der Waals surface area contributed by atoms with Gasteiger partial charge in [0.25, 0.3) is 11.6 Å². The fraction of sp³-hybridized carbons (Fsp3) is 0.500. The maximum Gasteiger partial charge on any atom is 0.288 e. The maximum atomic E-state index is 12.0. The first-order valence-electron chi connectivity index (χ1n) is 6.05. The molecule has 0 radical (unpaired) electrons. The molecule has 1 N–H and O–H groups in total. The minimum absolute atomic E-state index is 0.0237. The van der Waals surface area contributed by atoms with Crippen LogP contribution in [0.5, 0.6) is 0 Å². The van der Waals surface area contributed by atoms with E-state index in [-0.39, 0.29) is 21.8 Å². The van der Waals surface area contributed by atoms with Crippen LogP contribution in [0.15, 0.2) is 12.3 Å². The second kappa shape index (κ2) is 5.13. The molecule has 1 aliphatic carbocycles. The van der Waals surface area contributed by atoms with Gasteiger partial charge >= 0.3 is 0 Å². The topological polar surface area (TPSA) is 85.1 Å². The summed E-state index contributed by atoms with van der Waals surface area (Å²) in [5.74, 6) is -0.416. The molecule has 0 atom stereocenters. The Morgan fingerprint density at radius 2 is 2.32 bits per heavy atom. The summed E-state index contributed by atoms with van der Waals surface area (Å²) in [5, 5.41) is 13.4. The van der Waals surface area contributed by atoms with Crippen LogP contribution in [0.4, 0.5) is 5.69 Å². The van der Waals surface area contributed by atoms with Crippen LogP contribution in [0.25, 0.3) is 0 Å². The first-order chi connectivity index (χ1) is 8.97. The van der Waals surface area contributed by atoms with Crippen molar-refractivity contribution in [1.29, 1.82) is 0 Å². The second-order valence-electron chi connectivity index (χ2n) is 4.83. The molecular weight excluding hydrogens is 270 g/mol. The third-order valence-electron chi connectivity index (χ3n) is 3.61. The normalized spacial score (nSPS) is 15.9. The fourth-order valence-corrected chi connectivity index (χ4v) is 2.08. The van der Waals surface area contributed by atoms with Gasteiger partial charge in [-0.15, -0.1) is 0 Å². The minimum atomic E-state index is -0.603. The van der Waals surface area contributed by atoms with Gasteiger partial charge in [0.15, 0.2) is 0 Å². The highest BCUT2D eigenvalue weighted by Crippen LogP contribution is 2.47. The van der Waals surface area contributed by atoms with Crippen molar-refractivity contribution in [2.75, 3.05) is 6.54 Å². The average Bonchev–Trinajstić information content (AvgIpc) is 3.17. The Bertz CT molecular complexity index is 529. The first kappa shape index (κ1) is 13.7. The van der Waals surface area contributed by atoms with E-state index in [4.69, 9.17) is 11.6 Å². The summed E-state index contributed by atoms with van der Waals surface area (Å²) < 4.78 is 0. The SMILES string of the molecule is CCC1(CNC(=O)c2cc([N+](=O)[O-])cnc2Cl)CC1. The Morgan fingerprint density at radius 3 is 2.84 bits per heavy atom. The van der Waals surface area contributed by atoms with E-state index in [1.165, 1.54) is 0 Å². The van der Waals surface area contributed by atoms with Crippen LogP contribution < -0.4 is 5.32 Å². The molecule has 0 spiro atoms. The van der Waals surface area contributed by atoms with E-state index < -0.39 is 10.8 Å².